The molecule has 0 aliphatic carbocycles. The summed E-state index contributed by atoms with van der Waals surface area (Å²) in [5.41, 5.74) is 7.02. The largest absolute Gasteiger partial charge is 0.379 e. The van der Waals surface area contributed by atoms with Crippen LogP contribution >= 0.6 is 0 Å². The van der Waals surface area contributed by atoms with Crippen molar-refractivity contribution in [3.05, 3.63) is 18.0 Å². The summed E-state index contributed by atoms with van der Waals surface area (Å²) < 4.78 is 7.01. The molecule has 0 aliphatic heterocycles. The minimum atomic E-state index is -0.0799. The molecule has 0 aliphatic rings. The Morgan fingerprint density at radius 1 is 1.69 bits per heavy atom. The van der Waals surface area contributed by atoms with Gasteiger partial charge in [-0.25, -0.2) is 0 Å². The molecule has 13 heavy (non-hydrogen) atoms. The van der Waals surface area contributed by atoms with Crippen LogP contribution in [-0.2, 0) is 11.8 Å². The Bertz CT molecular complexity index is 255. The van der Waals surface area contributed by atoms with Crippen LogP contribution in [0.1, 0.15) is 24.9 Å². The van der Waals surface area contributed by atoms with Gasteiger partial charge in [0.25, 0.3) is 0 Å². The zero-order valence-corrected chi connectivity index (χ0v) is 8.40. The van der Waals surface area contributed by atoms with Crippen molar-refractivity contribution in [3.8, 4) is 0 Å². The third kappa shape index (κ3) is 2.29. The average Bonchev–Trinajstić information content (AvgIpc) is 2.54. The van der Waals surface area contributed by atoms with E-state index in [1.807, 2.05) is 13.2 Å². The zero-order valence-electron chi connectivity index (χ0n) is 8.40. The number of aryl methyl sites for hydroxylation is 1. The van der Waals surface area contributed by atoms with Crippen molar-refractivity contribution >= 4 is 0 Å². The molecular formula is C9H17N3O. The van der Waals surface area contributed by atoms with Gasteiger partial charge in [0.2, 0.25) is 0 Å². The summed E-state index contributed by atoms with van der Waals surface area (Å²) in [7, 11) is 3.56. The van der Waals surface area contributed by atoms with E-state index in [1.165, 1.54) is 0 Å². The second-order valence-corrected chi connectivity index (χ2v) is 3.16. The van der Waals surface area contributed by atoms with Gasteiger partial charge in [0.1, 0.15) is 0 Å². The topological polar surface area (TPSA) is 53.1 Å². The van der Waals surface area contributed by atoms with Gasteiger partial charge in [0, 0.05) is 25.9 Å². The van der Waals surface area contributed by atoms with E-state index < -0.39 is 0 Å². The maximum atomic E-state index is 6.00. The van der Waals surface area contributed by atoms with Crippen molar-refractivity contribution < 1.29 is 4.74 Å². The highest BCUT2D eigenvalue weighted by Crippen LogP contribution is 2.17. The Hall–Kier alpha value is -0.870. The van der Waals surface area contributed by atoms with E-state index in [4.69, 9.17) is 10.5 Å². The number of aromatic nitrogens is 2. The van der Waals surface area contributed by atoms with Gasteiger partial charge in [-0.3, -0.25) is 4.68 Å². The van der Waals surface area contributed by atoms with Crippen LogP contribution in [0.2, 0.25) is 0 Å². The predicted molar refractivity (Wildman–Crippen MR) is 51.2 cm³/mol. The van der Waals surface area contributed by atoms with Crippen LogP contribution in [0.15, 0.2) is 12.4 Å². The van der Waals surface area contributed by atoms with E-state index in [-0.39, 0.29) is 12.1 Å². The molecule has 74 valence electrons. The van der Waals surface area contributed by atoms with E-state index in [9.17, 15) is 0 Å². The Labute approximate surface area is 78.7 Å². The zero-order chi connectivity index (χ0) is 9.84. The second kappa shape index (κ2) is 4.39. The first-order chi connectivity index (χ1) is 6.19. The van der Waals surface area contributed by atoms with E-state index >= 15 is 0 Å². The minimum absolute atomic E-state index is 0.0733. The Morgan fingerprint density at radius 3 is 2.77 bits per heavy atom. The Kier molecular flexibility index (Phi) is 3.45. The number of methoxy groups -OCH3 is 1. The molecule has 0 bridgehead atoms. The molecular weight excluding hydrogens is 166 g/mol. The smallest absolute Gasteiger partial charge is 0.0762 e. The summed E-state index contributed by atoms with van der Waals surface area (Å²) in [6, 6.07) is -0.0799. The van der Waals surface area contributed by atoms with Gasteiger partial charge in [-0.05, 0) is 6.42 Å². The Morgan fingerprint density at radius 2 is 2.38 bits per heavy atom. The molecule has 0 amide bonds. The van der Waals surface area contributed by atoms with Gasteiger partial charge >= 0.3 is 0 Å². The quantitative estimate of drug-likeness (QED) is 0.752. The Balaban J connectivity index is 2.71. The molecule has 0 radical (unpaired) electrons. The van der Waals surface area contributed by atoms with Gasteiger partial charge in [-0.2, -0.15) is 5.10 Å². The van der Waals surface area contributed by atoms with Crippen LogP contribution < -0.4 is 5.73 Å². The lowest BCUT2D eigenvalue weighted by Crippen LogP contribution is -2.27. The SMILES string of the molecule is CCC(OC)C(N)c1cnn(C)c1. The van der Waals surface area contributed by atoms with E-state index in [1.54, 1.807) is 18.0 Å². The molecule has 2 N–H and O–H groups in total. The summed E-state index contributed by atoms with van der Waals surface area (Å²) >= 11 is 0. The first kappa shape index (κ1) is 10.2. The second-order valence-electron chi connectivity index (χ2n) is 3.16. The van der Waals surface area contributed by atoms with Crippen LogP contribution in [-0.4, -0.2) is 23.0 Å². The average molecular weight is 183 g/mol. The van der Waals surface area contributed by atoms with E-state index in [0.717, 1.165) is 12.0 Å². The summed E-state index contributed by atoms with van der Waals surface area (Å²) in [6.07, 6.45) is 4.69. The first-order valence-corrected chi connectivity index (χ1v) is 4.46. The van der Waals surface area contributed by atoms with Gasteiger partial charge < -0.3 is 10.5 Å². The molecule has 0 fully saturated rings. The molecule has 4 nitrogen and oxygen atoms in total. The molecule has 1 rings (SSSR count). The predicted octanol–water partition coefficient (Wildman–Crippen LogP) is 0.845. The maximum Gasteiger partial charge on any atom is 0.0762 e. The lowest BCUT2D eigenvalue weighted by molar-refractivity contribution is 0.0772. The van der Waals surface area contributed by atoms with Crippen LogP contribution in [0.4, 0.5) is 0 Å². The summed E-state index contributed by atoms with van der Waals surface area (Å²) in [4.78, 5) is 0. The molecule has 2 unspecified atom stereocenters. The van der Waals surface area contributed by atoms with Gasteiger partial charge in [-0.15, -0.1) is 0 Å². The number of nitrogens with two attached hydrogens (primary N) is 1. The molecule has 4 heteroatoms. The summed E-state index contributed by atoms with van der Waals surface area (Å²) in [6.45, 7) is 2.06. The number of ether oxygens (including phenoxy) is 1. The van der Waals surface area contributed by atoms with Crippen LogP contribution in [0.25, 0.3) is 0 Å². The minimum Gasteiger partial charge on any atom is -0.379 e. The van der Waals surface area contributed by atoms with Gasteiger partial charge in [0.15, 0.2) is 0 Å². The van der Waals surface area contributed by atoms with Crippen LogP contribution in [0, 0.1) is 0 Å². The molecule has 0 saturated carbocycles. The standard InChI is InChI=1S/C9H17N3O/c1-4-8(13-3)9(10)7-5-11-12(2)6-7/h5-6,8-9H,4,10H2,1-3H3. The normalized spacial score (nSPS) is 15.7. The van der Waals surface area contributed by atoms with E-state index in [2.05, 4.69) is 12.0 Å². The highest BCUT2D eigenvalue weighted by molar-refractivity contribution is 5.11. The number of nitrogens with zero attached hydrogens (tertiary/aromatic N) is 2. The highest BCUT2D eigenvalue weighted by atomic mass is 16.5. The molecule has 0 saturated heterocycles. The van der Waals surface area contributed by atoms with Crippen molar-refractivity contribution in [2.24, 2.45) is 12.8 Å². The maximum absolute atomic E-state index is 6.00. The summed E-state index contributed by atoms with van der Waals surface area (Å²) in [5, 5.41) is 4.07. The third-order valence-corrected chi connectivity index (χ3v) is 2.22. The van der Waals surface area contributed by atoms with Gasteiger partial charge in [-0.1, -0.05) is 6.92 Å². The lowest BCUT2D eigenvalue weighted by atomic mass is 10.0. The van der Waals surface area contributed by atoms with Crippen molar-refractivity contribution in [2.45, 2.75) is 25.5 Å². The van der Waals surface area contributed by atoms with Crippen molar-refractivity contribution in [2.75, 3.05) is 7.11 Å². The molecule has 1 aromatic heterocycles. The highest BCUT2D eigenvalue weighted by Gasteiger charge is 2.18. The fourth-order valence-electron chi connectivity index (χ4n) is 1.39. The number of hydrogen-bond acceptors (Lipinski definition) is 3. The van der Waals surface area contributed by atoms with Crippen molar-refractivity contribution in [1.29, 1.82) is 0 Å². The molecule has 2 atom stereocenters. The molecule has 1 aromatic rings. The summed E-state index contributed by atoms with van der Waals surface area (Å²) in [5.74, 6) is 0. The number of rotatable bonds is 4. The fourth-order valence-corrected chi connectivity index (χ4v) is 1.39. The van der Waals surface area contributed by atoms with Crippen molar-refractivity contribution in [1.82, 2.24) is 9.78 Å². The lowest BCUT2D eigenvalue weighted by Gasteiger charge is -2.19. The van der Waals surface area contributed by atoms with Gasteiger partial charge in [0.05, 0.1) is 18.3 Å². The molecule has 0 spiro atoms. The molecule has 0 aromatic carbocycles. The first-order valence-electron chi connectivity index (χ1n) is 4.46. The van der Waals surface area contributed by atoms with Crippen molar-refractivity contribution in [3.63, 3.8) is 0 Å². The monoisotopic (exact) mass is 183 g/mol. The number of hydrogen-bond donors (Lipinski definition) is 1. The third-order valence-electron chi connectivity index (χ3n) is 2.22. The molecule has 1 heterocycles. The van der Waals surface area contributed by atoms with E-state index in [0.29, 0.717) is 0 Å². The fraction of sp³-hybridized carbons (Fsp3) is 0.667. The van der Waals surface area contributed by atoms with Crippen LogP contribution in [0.3, 0.4) is 0 Å². The van der Waals surface area contributed by atoms with Crippen LogP contribution in [0.5, 0.6) is 0 Å².